The third kappa shape index (κ3) is 4.68. The quantitative estimate of drug-likeness (QED) is 0.334. The number of nitro benzene ring substituents is 1. The lowest BCUT2D eigenvalue weighted by molar-refractivity contribution is -0.387. The number of hydrogen-bond donors (Lipinski definition) is 0. The second-order valence-corrected chi connectivity index (χ2v) is 4.26. The highest BCUT2D eigenvalue weighted by atomic mass is 79.9. The Balaban J connectivity index is 2.45. The first-order valence-corrected chi connectivity index (χ1v) is 6.40. The molecule has 0 spiro atoms. The van der Waals surface area contributed by atoms with E-state index in [0.29, 0.717) is 12.4 Å². The van der Waals surface area contributed by atoms with E-state index in [0.717, 1.165) is 36.7 Å². The molecule has 0 bridgehead atoms. The fourth-order valence-corrected chi connectivity index (χ4v) is 1.69. The molecule has 0 aromatic heterocycles. The minimum Gasteiger partial charge on any atom is -0.493 e. The number of nitrogens with zero attached hydrogens (tertiary/aromatic N) is 1. The molecule has 0 N–H and O–H groups in total. The molecule has 94 valence electrons. The predicted molar refractivity (Wildman–Crippen MR) is 66.2 cm³/mol. The van der Waals surface area contributed by atoms with E-state index in [4.69, 9.17) is 4.74 Å². The highest BCUT2D eigenvalue weighted by Gasteiger charge is 2.13. The van der Waals surface area contributed by atoms with Gasteiger partial charge in [-0.1, -0.05) is 15.9 Å². The van der Waals surface area contributed by atoms with Crippen LogP contribution in [0.2, 0.25) is 0 Å². The van der Waals surface area contributed by atoms with Crippen molar-refractivity contribution in [2.75, 3.05) is 11.9 Å². The van der Waals surface area contributed by atoms with Crippen molar-refractivity contribution in [3.63, 3.8) is 0 Å². The van der Waals surface area contributed by atoms with E-state index >= 15 is 0 Å². The Morgan fingerprint density at radius 1 is 1.35 bits per heavy atom. The number of benzene rings is 1. The molecule has 1 aromatic carbocycles. The monoisotopic (exact) mass is 305 g/mol. The van der Waals surface area contributed by atoms with Gasteiger partial charge in [0.2, 0.25) is 5.82 Å². The predicted octanol–water partition coefficient (Wildman–Crippen LogP) is 3.68. The van der Waals surface area contributed by atoms with Gasteiger partial charge in [-0.05, 0) is 25.3 Å². The largest absolute Gasteiger partial charge is 0.493 e. The lowest BCUT2D eigenvalue weighted by Gasteiger charge is -2.05. The molecule has 0 radical (unpaired) electrons. The van der Waals surface area contributed by atoms with Gasteiger partial charge in [0, 0.05) is 17.5 Å². The number of halogens is 2. The smallest absolute Gasteiger partial charge is 0.305 e. The first-order valence-electron chi connectivity index (χ1n) is 5.28. The summed E-state index contributed by atoms with van der Waals surface area (Å²) in [5, 5.41) is 11.3. The van der Waals surface area contributed by atoms with Gasteiger partial charge in [0.1, 0.15) is 5.75 Å². The molecule has 0 atom stereocenters. The summed E-state index contributed by atoms with van der Waals surface area (Å²) in [7, 11) is 0. The molecule has 1 rings (SSSR count). The molecule has 17 heavy (non-hydrogen) atoms. The number of nitro groups is 1. The van der Waals surface area contributed by atoms with Crippen LogP contribution in [0, 0.1) is 15.9 Å². The van der Waals surface area contributed by atoms with E-state index in [1.807, 2.05) is 0 Å². The Bertz CT molecular complexity index is 387. The Morgan fingerprint density at radius 2 is 2.12 bits per heavy atom. The van der Waals surface area contributed by atoms with Crippen LogP contribution in [0.25, 0.3) is 0 Å². The minimum absolute atomic E-state index is 0.326. The maximum absolute atomic E-state index is 13.2. The van der Waals surface area contributed by atoms with Gasteiger partial charge in [0.25, 0.3) is 0 Å². The van der Waals surface area contributed by atoms with Crippen LogP contribution in [0.15, 0.2) is 18.2 Å². The third-order valence-electron chi connectivity index (χ3n) is 2.16. The molecule has 0 saturated carbocycles. The van der Waals surface area contributed by atoms with Crippen LogP contribution in [0.5, 0.6) is 5.75 Å². The van der Waals surface area contributed by atoms with Crippen molar-refractivity contribution in [3.05, 3.63) is 34.1 Å². The molecule has 6 heteroatoms. The summed E-state index contributed by atoms with van der Waals surface area (Å²) < 4.78 is 18.5. The van der Waals surface area contributed by atoms with E-state index in [9.17, 15) is 14.5 Å². The van der Waals surface area contributed by atoms with Crippen molar-refractivity contribution in [1.29, 1.82) is 0 Å². The van der Waals surface area contributed by atoms with Gasteiger partial charge in [-0.2, -0.15) is 4.39 Å². The summed E-state index contributed by atoms with van der Waals surface area (Å²) in [6.45, 7) is 0.490. The molecular formula is C11H13BrFNO3. The Morgan fingerprint density at radius 3 is 2.71 bits per heavy atom. The van der Waals surface area contributed by atoms with Gasteiger partial charge in [-0.15, -0.1) is 0 Å². The van der Waals surface area contributed by atoms with Gasteiger partial charge < -0.3 is 4.74 Å². The highest BCUT2D eigenvalue weighted by Crippen LogP contribution is 2.22. The lowest BCUT2D eigenvalue weighted by atomic mass is 10.2. The fraction of sp³-hybridized carbons (Fsp3) is 0.455. The van der Waals surface area contributed by atoms with Crippen LogP contribution in [0.4, 0.5) is 10.1 Å². The molecule has 0 heterocycles. The summed E-state index contributed by atoms with van der Waals surface area (Å²) in [6.07, 6.45) is 2.98. The Hall–Kier alpha value is -1.17. The summed E-state index contributed by atoms with van der Waals surface area (Å²) in [4.78, 5) is 9.63. The molecule has 0 fully saturated rings. The van der Waals surface area contributed by atoms with Gasteiger partial charge >= 0.3 is 5.69 Å². The Kier molecular flexibility index (Phi) is 5.90. The summed E-state index contributed by atoms with van der Waals surface area (Å²) in [5.74, 6) is -0.542. The molecule has 1 aromatic rings. The van der Waals surface area contributed by atoms with E-state index in [2.05, 4.69) is 15.9 Å². The van der Waals surface area contributed by atoms with Crippen LogP contribution in [0.1, 0.15) is 19.3 Å². The second kappa shape index (κ2) is 7.21. The van der Waals surface area contributed by atoms with Crippen molar-refractivity contribution in [1.82, 2.24) is 0 Å². The molecular weight excluding hydrogens is 293 g/mol. The lowest BCUT2D eigenvalue weighted by Crippen LogP contribution is -1.99. The average Bonchev–Trinajstić information content (AvgIpc) is 2.28. The summed E-state index contributed by atoms with van der Waals surface area (Å²) in [5.41, 5.74) is -0.531. The Labute approximate surface area is 107 Å². The average molecular weight is 306 g/mol. The van der Waals surface area contributed by atoms with E-state index < -0.39 is 16.4 Å². The second-order valence-electron chi connectivity index (χ2n) is 3.47. The van der Waals surface area contributed by atoms with Crippen LogP contribution < -0.4 is 4.74 Å². The normalized spacial score (nSPS) is 10.2. The number of hydrogen-bond acceptors (Lipinski definition) is 3. The van der Waals surface area contributed by atoms with Gasteiger partial charge in [0.05, 0.1) is 11.5 Å². The third-order valence-corrected chi connectivity index (χ3v) is 2.72. The molecule has 0 amide bonds. The molecule has 0 aliphatic heterocycles. The van der Waals surface area contributed by atoms with Crippen molar-refractivity contribution < 1.29 is 14.1 Å². The van der Waals surface area contributed by atoms with E-state index in [-0.39, 0.29) is 0 Å². The number of alkyl halides is 1. The standard InChI is InChI=1S/C11H13BrFNO3/c12-6-2-1-3-7-17-9-4-5-11(14(15)16)10(13)8-9/h4-5,8H,1-3,6-7H2. The zero-order chi connectivity index (χ0) is 12.7. The van der Waals surface area contributed by atoms with Crippen molar-refractivity contribution in [2.45, 2.75) is 19.3 Å². The van der Waals surface area contributed by atoms with Crippen LogP contribution in [0.3, 0.4) is 0 Å². The fourth-order valence-electron chi connectivity index (χ4n) is 1.29. The molecule has 0 saturated heterocycles. The number of ether oxygens (including phenoxy) is 1. The van der Waals surface area contributed by atoms with Crippen LogP contribution >= 0.6 is 15.9 Å². The van der Waals surface area contributed by atoms with Gasteiger partial charge in [-0.25, -0.2) is 0 Å². The summed E-state index contributed by atoms with van der Waals surface area (Å²) >= 11 is 3.32. The van der Waals surface area contributed by atoms with Crippen molar-refractivity contribution in [3.8, 4) is 5.75 Å². The number of rotatable bonds is 7. The first kappa shape index (κ1) is 13.9. The molecule has 0 aliphatic rings. The molecule has 4 nitrogen and oxygen atoms in total. The van der Waals surface area contributed by atoms with E-state index in [1.165, 1.54) is 6.07 Å². The maximum atomic E-state index is 13.2. The topological polar surface area (TPSA) is 52.4 Å². The highest BCUT2D eigenvalue weighted by molar-refractivity contribution is 9.09. The van der Waals surface area contributed by atoms with Crippen molar-refractivity contribution in [2.24, 2.45) is 0 Å². The molecule has 0 unspecified atom stereocenters. The van der Waals surface area contributed by atoms with Crippen LogP contribution in [-0.4, -0.2) is 16.9 Å². The van der Waals surface area contributed by atoms with Gasteiger partial charge in [0.15, 0.2) is 0 Å². The zero-order valence-electron chi connectivity index (χ0n) is 9.20. The minimum atomic E-state index is -0.868. The maximum Gasteiger partial charge on any atom is 0.305 e. The van der Waals surface area contributed by atoms with Crippen molar-refractivity contribution >= 4 is 21.6 Å². The van der Waals surface area contributed by atoms with Crippen LogP contribution in [-0.2, 0) is 0 Å². The first-order chi connectivity index (χ1) is 8.15. The summed E-state index contributed by atoms with van der Waals surface area (Å²) in [6, 6.07) is 3.57. The van der Waals surface area contributed by atoms with Gasteiger partial charge in [-0.3, -0.25) is 10.1 Å². The number of unbranched alkanes of at least 4 members (excludes halogenated alkanes) is 2. The zero-order valence-corrected chi connectivity index (χ0v) is 10.8. The SMILES string of the molecule is O=[N+]([O-])c1ccc(OCCCCCBr)cc1F. The molecule has 0 aliphatic carbocycles. The van der Waals surface area contributed by atoms with E-state index in [1.54, 1.807) is 0 Å².